The Morgan fingerprint density at radius 3 is 2.41 bits per heavy atom. The molecular weight excluding hydrogens is 362 g/mol. The van der Waals surface area contributed by atoms with Crippen molar-refractivity contribution >= 4 is 11.9 Å². The van der Waals surface area contributed by atoms with Gasteiger partial charge in [0.2, 0.25) is 11.9 Å². The molecule has 2 fully saturated rings. The van der Waals surface area contributed by atoms with E-state index in [9.17, 15) is 4.79 Å². The smallest absolute Gasteiger partial charge is 0.237 e. The molecule has 2 saturated heterocycles. The minimum absolute atomic E-state index is 0.115. The van der Waals surface area contributed by atoms with Gasteiger partial charge in [0.25, 0.3) is 0 Å². The summed E-state index contributed by atoms with van der Waals surface area (Å²) in [7, 11) is 3.91. The number of hydrogen-bond donors (Lipinski definition) is 0. The molecule has 1 amide bonds. The van der Waals surface area contributed by atoms with Gasteiger partial charge in [0.15, 0.2) is 0 Å². The molecule has 0 bridgehead atoms. The molecule has 3 heterocycles. The molecule has 6 nitrogen and oxygen atoms in total. The van der Waals surface area contributed by atoms with Crippen LogP contribution in [0.15, 0.2) is 30.3 Å². The summed E-state index contributed by atoms with van der Waals surface area (Å²) >= 11 is 0. The van der Waals surface area contributed by atoms with E-state index >= 15 is 0 Å². The number of aromatic nitrogens is 2. The summed E-state index contributed by atoms with van der Waals surface area (Å²) in [5.74, 6) is 1.88. The van der Waals surface area contributed by atoms with Crippen LogP contribution in [0.5, 0.6) is 0 Å². The summed E-state index contributed by atoms with van der Waals surface area (Å²) in [5, 5.41) is 0. The van der Waals surface area contributed by atoms with Gasteiger partial charge in [-0.2, -0.15) is 0 Å². The summed E-state index contributed by atoms with van der Waals surface area (Å²) in [6.45, 7) is 9.24. The lowest BCUT2D eigenvalue weighted by Crippen LogP contribution is -2.40. The lowest BCUT2D eigenvalue weighted by Gasteiger charge is -2.31. The maximum Gasteiger partial charge on any atom is 0.237 e. The van der Waals surface area contributed by atoms with Gasteiger partial charge in [-0.15, -0.1) is 0 Å². The lowest BCUT2D eigenvalue weighted by atomic mass is 9.87. The zero-order valence-corrected chi connectivity index (χ0v) is 18.1. The van der Waals surface area contributed by atoms with Crippen molar-refractivity contribution in [2.45, 2.75) is 26.8 Å². The van der Waals surface area contributed by atoms with Gasteiger partial charge in [-0.1, -0.05) is 24.3 Å². The Morgan fingerprint density at radius 2 is 1.76 bits per heavy atom. The Kier molecular flexibility index (Phi) is 5.30. The van der Waals surface area contributed by atoms with Crippen molar-refractivity contribution in [2.75, 3.05) is 45.2 Å². The van der Waals surface area contributed by atoms with Crippen LogP contribution in [0.1, 0.15) is 28.6 Å². The van der Waals surface area contributed by atoms with E-state index in [2.05, 4.69) is 51.0 Å². The molecule has 0 spiro atoms. The van der Waals surface area contributed by atoms with E-state index in [1.165, 1.54) is 11.1 Å². The van der Waals surface area contributed by atoms with E-state index in [-0.39, 0.29) is 11.9 Å². The average molecular weight is 394 g/mol. The largest absolute Gasteiger partial charge is 0.340 e. The van der Waals surface area contributed by atoms with Crippen LogP contribution in [-0.4, -0.2) is 65.9 Å². The first-order valence-electron chi connectivity index (χ1n) is 10.4. The molecule has 2 aromatic rings. The molecule has 154 valence electrons. The predicted molar refractivity (Wildman–Crippen MR) is 115 cm³/mol. The molecule has 2 aliphatic rings. The Balaban J connectivity index is 1.65. The fraction of sp³-hybridized carbons (Fsp3) is 0.522. The highest BCUT2D eigenvalue weighted by molar-refractivity contribution is 5.79. The van der Waals surface area contributed by atoms with Crippen LogP contribution >= 0.6 is 0 Å². The van der Waals surface area contributed by atoms with Crippen LogP contribution < -0.4 is 4.90 Å². The van der Waals surface area contributed by atoms with Gasteiger partial charge >= 0.3 is 0 Å². The topological polar surface area (TPSA) is 52.6 Å². The monoisotopic (exact) mass is 393 g/mol. The number of fused-ring (bicyclic) bond motifs is 1. The molecule has 0 radical (unpaired) electrons. The Morgan fingerprint density at radius 1 is 1.07 bits per heavy atom. The molecule has 0 aliphatic carbocycles. The van der Waals surface area contributed by atoms with E-state index in [0.29, 0.717) is 18.4 Å². The first kappa shape index (κ1) is 19.8. The van der Waals surface area contributed by atoms with Gasteiger partial charge in [0.1, 0.15) is 0 Å². The molecule has 3 atom stereocenters. The van der Waals surface area contributed by atoms with Gasteiger partial charge < -0.3 is 14.7 Å². The van der Waals surface area contributed by atoms with Crippen LogP contribution in [0.3, 0.4) is 0 Å². The number of likely N-dealkylation sites (N-methyl/N-ethyl adjacent to an activating group) is 1. The molecule has 4 rings (SSSR count). The summed E-state index contributed by atoms with van der Waals surface area (Å²) in [4.78, 5) is 28.8. The fourth-order valence-electron chi connectivity index (χ4n) is 4.99. The molecule has 0 unspecified atom stereocenters. The number of hydrogen-bond acceptors (Lipinski definition) is 5. The van der Waals surface area contributed by atoms with E-state index in [4.69, 9.17) is 0 Å². The predicted octanol–water partition coefficient (Wildman–Crippen LogP) is 2.60. The Bertz CT molecular complexity index is 892. The van der Waals surface area contributed by atoms with Gasteiger partial charge in [-0.25, -0.2) is 9.97 Å². The number of nitrogens with zero attached hydrogens (tertiary/aromatic N) is 5. The maximum atomic E-state index is 13.1. The Labute approximate surface area is 173 Å². The third-order valence-electron chi connectivity index (χ3n) is 6.20. The summed E-state index contributed by atoms with van der Waals surface area (Å²) in [6.07, 6.45) is 0. The number of aryl methyl sites for hydroxylation is 3. The SMILES string of the molecule is Cc1cc(C)nc(N2C[C@@H]3CN(C(=O)CN(C)C)[C@@H](c4ccccc4C)[C@@H]3C2)n1. The van der Waals surface area contributed by atoms with Crippen LogP contribution in [0.25, 0.3) is 0 Å². The third kappa shape index (κ3) is 3.86. The van der Waals surface area contributed by atoms with Crippen molar-refractivity contribution in [3.8, 4) is 0 Å². The van der Waals surface area contributed by atoms with Crippen molar-refractivity contribution in [1.82, 2.24) is 19.8 Å². The normalized spacial score (nSPS) is 23.7. The number of carbonyl (C=O) groups is 1. The average Bonchev–Trinajstić information content (AvgIpc) is 3.19. The van der Waals surface area contributed by atoms with Crippen LogP contribution in [0, 0.1) is 32.6 Å². The molecule has 1 aromatic carbocycles. The number of anilines is 1. The second-order valence-electron chi connectivity index (χ2n) is 8.86. The fourth-order valence-corrected chi connectivity index (χ4v) is 4.99. The van der Waals surface area contributed by atoms with Crippen molar-refractivity contribution in [2.24, 2.45) is 11.8 Å². The van der Waals surface area contributed by atoms with Crippen molar-refractivity contribution in [1.29, 1.82) is 0 Å². The molecule has 0 saturated carbocycles. The number of carbonyl (C=O) groups excluding carboxylic acids is 1. The van der Waals surface area contributed by atoms with E-state index < -0.39 is 0 Å². The molecule has 0 N–H and O–H groups in total. The number of benzene rings is 1. The molecule has 29 heavy (non-hydrogen) atoms. The van der Waals surface area contributed by atoms with E-state index in [1.54, 1.807) is 0 Å². The molecule has 2 aliphatic heterocycles. The zero-order chi connectivity index (χ0) is 20.7. The number of likely N-dealkylation sites (tertiary alicyclic amines) is 1. The van der Waals surface area contributed by atoms with Crippen molar-refractivity contribution < 1.29 is 4.79 Å². The first-order chi connectivity index (χ1) is 13.8. The highest BCUT2D eigenvalue weighted by Gasteiger charge is 2.49. The van der Waals surface area contributed by atoms with Crippen LogP contribution in [-0.2, 0) is 4.79 Å². The molecular formula is C23H31N5O. The lowest BCUT2D eigenvalue weighted by molar-refractivity contribution is -0.133. The quantitative estimate of drug-likeness (QED) is 0.799. The third-order valence-corrected chi connectivity index (χ3v) is 6.20. The van der Waals surface area contributed by atoms with Crippen molar-refractivity contribution in [3.63, 3.8) is 0 Å². The standard InChI is InChI=1S/C23H31N5O/c1-15-8-6-7-9-19(15)22-20-13-27(23-24-16(2)10-17(3)25-23)11-18(20)12-28(22)21(29)14-26(4)5/h6-10,18,20,22H,11-14H2,1-5H3/t18-,20-,22+/m1/s1. The van der Waals surface area contributed by atoms with Gasteiger partial charge in [-0.05, 0) is 52.1 Å². The maximum absolute atomic E-state index is 13.1. The molecule has 6 heteroatoms. The molecule has 1 aromatic heterocycles. The van der Waals surface area contributed by atoms with Crippen LogP contribution in [0.4, 0.5) is 5.95 Å². The zero-order valence-electron chi connectivity index (χ0n) is 18.1. The van der Waals surface area contributed by atoms with Crippen molar-refractivity contribution in [3.05, 3.63) is 52.8 Å². The van der Waals surface area contributed by atoms with Crippen LogP contribution in [0.2, 0.25) is 0 Å². The number of rotatable bonds is 4. The highest BCUT2D eigenvalue weighted by atomic mass is 16.2. The van der Waals surface area contributed by atoms with E-state index in [0.717, 1.165) is 37.0 Å². The van der Waals surface area contributed by atoms with Gasteiger partial charge in [0, 0.05) is 42.9 Å². The summed E-state index contributed by atoms with van der Waals surface area (Å²) in [5.41, 5.74) is 4.53. The van der Waals surface area contributed by atoms with E-state index in [1.807, 2.05) is 38.9 Å². The minimum atomic E-state index is 0.115. The second-order valence-corrected chi connectivity index (χ2v) is 8.86. The Hall–Kier alpha value is -2.47. The second kappa shape index (κ2) is 7.75. The van der Waals surface area contributed by atoms with Gasteiger partial charge in [-0.3, -0.25) is 4.79 Å². The first-order valence-corrected chi connectivity index (χ1v) is 10.4. The van der Waals surface area contributed by atoms with Gasteiger partial charge in [0.05, 0.1) is 12.6 Å². The highest BCUT2D eigenvalue weighted by Crippen LogP contribution is 2.46. The summed E-state index contributed by atoms with van der Waals surface area (Å²) < 4.78 is 0. The minimum Gasteiger partial charge on any atom is -0.340 e. The number of amides is 1. The summed E-state index contributed by atoms with van der Waals surface area (Å²) in [6, 6.07) is 10.6.